The molecular formula is C18H16N4O4S. The van der Waals surface area contributed by atoms with Crippen molar-refractivity contribution in [3.05, 3.63) is 50.6 Å². The maximum atomic E-state index is 12.6. The molecule has 27 heavy (non-hydrogen) atoms. The number of nitro groups is 1. The van der Waals surface area contributed by atoms with Gasteiger partial charge in [-0.3, -0.25) is 25.0 Å². The summed E-state index contributed by atoms with van der Waals surface area (Å²) in [5.74, 6) is -0.418. The Bertz CT molecular complexity index is 1110. The topological polar surface area (TPSA) is 118 Å². The maximum absolute atomic E-state index is 12.6. The first-order chi connectivity index (χ1) is 12.7. The van der Waals surface area contributed by atoms with Crippen molar-refractivity contribution in [2.75, 3.05) is 5.32 Å². The largest absolute Gasteiger partial charge is 0.345 e. The van der Waals surface area contributed by atoms with Crippen molar-refractivity contribution in [1.29, 1.82) is 0 Å². The number of Topliss-reactive ketones (excluding diaryl/α,β-unsaturated/α-hetero) is 1. The average Bonchev–Trinajstić information content (AvgIpc) is 3.16. The molecule has 4 rings (SSSR count). The molecule has 8 nitrogen and oxygen atoms in total. The predicted octanol–water partition coefficient (Wildman–Crippen LogP) is 3.94. The van der Waals surface area contributed by atoms with E-state index in [1.54, 1.807) is 18.2 Å². The minimum Gasteiger partial charge on any atom is -0.345 e. The second-order valence-corrected chi connectivity index (χ2v) is 8.37. The van der Waals surface area contributed by atoms with Crippen molar-refractivity contribution in [3.63, 3.8) is 0 Å². The summed E-state index contributed by atoms with van der Waals surface area (Å²) in [6.45, 7) is 4.03. The Morgan fingerprint density at radius 2 is 2.15 bits per heavy atom. The van der Waals surface area contributed by atoms with E-state index >= 15 is 0 Å². The number of non-ortho nitro benzene ring substituents is 1. The Hall–Kier alpha value is -3.07. The summed E-state index contributed by atoms with van der Waals surface area (Å²) in [6.07, 6.45) is 1.14. The second kappa shape index (κ2) is 5.98. The lowest BCUT2D eigenvalue weighted by Gasteiger charge is -2.26. The molecule has 0 radical (unpaired) electrons. The zero-order valence-electron chi connectivity index (χ0n) is 14.7. The molecule has 0 aliphatic heterocycles. The van der Waals surface area contributed by atoms with Crippen molar-refractivity contribution < 1.29 is 14.5 Å². The molecule has 1 aliphatic rings. The molecule has 0 atom stereocenters. The summed E-state index contributed by atoms with van der Waals surface area (Å²) < 4.78 is 0. The first kappa shape index (κ1) is 17.3. The van der Waals surface area contributed by atoms with Crippen molar-refractivity contribution in [2.24, 2.45) is 5.41 Å². The van der Waals surface area contributed by atoms with Gasteiger partial charge in [0.25, 0.3) is 11.6 Å². The van der Waals surface area contributed by atoms with Crippen LogP contribution in [0.3, 0.4) is 0 Å². The van der Waals surface area contributed by atoms with Crippen molar-refractivity contribution in [1.82, 2.24) is 9.97 Å². The molecule has 0 fully saturated rings. The molecule has 2 heterocycles. The Kier molecular flexibility index (Phi) is 3.84. The van der Waals surface area contributed by atoms with Crippen molar-refractivity contribution in [3.8, 4) is 0 Å². The van der Waals surface area contributed by atoms with E-state index < -0.39 is 10.8 Å². The minimum absolute atomic E-state index is 0.0421. The molecule has 138 valence electrons. The third kappa shape index (κ3) is 3.10. The monoisotopic (exact) mass is 384 g/mol. The summed E-state index contributed by atoms with van der Waals surface area (Å²) in [5, 5.41) is 14.7. The number of hydrogen-bond donors (Lipinski definition) is 2. The number of carbonyl (C=O) groups excluding carboxylic acids is 2. The summed E-state index contributed by atoms with van der Waals surface area (Å²) in [5.41, 5.74) is 0.963. The molecule has 0 spiro atoms. The number of ketones is 1. The number of nitro benzene ring substituents is 1. The van der Waals surface area contributed by atoms with Gasteiger partial charge < -0.3 is 4.98 Å². The molecule has 0 bridgehead atoms. The van der Waals surface area contributed by atoms with E-state index in [4.69, 9.17) is 0 Å². The van der Waals surface area contributed by atoms with Gasteiger partial charge in [-0.1, -0.05) is 37.3 Å². The second-order valence-electron chi connectivity index (χ2n) is 7.37. The van der Waals surface area contributed by atoms with Gasteiger partial charge in [0, 0.05) is 17.9 Å². The molecule has 3 aromatic rings. The number of rotatable bonds is 3. The van der Waals surface area contributed by atoms with Gasteiger partial charge in [0.1, 0.15) is 11.2 Å². The van der Waals surface area contributed by atoms with E-state index in [9.17, 15) is 19.7 Å². The van der Waals surface area contributed by atoms with Crippen LogP contribution in [0.15, 0.2) is 24.3 Å². The lowest BCUT2D eigenvalue weighted by molar-refractivity contribution is -0.383. The number of hydrogen-bond acceptors (Lipinski definition) is 6. The molecular weight excluding hydrogens is 368 g/mol. The fourth-order valence-electron chi connectivity index (χ4n) is 3.35. The number of H-pyrrole nitrogens is 1. The van der Waals surface area contributed by atoms with Crippen LogP contribution in [0, 0.1) is 15.5 Å². The van der Waals surface area contributed by atoms with Crippen LogP contribution in [0.5, 0.6) is 0 Å². The Morgan fingerprint density at radius 1 is 1.37 bits per heavy atom. The van der Waals surface area contributed by atoms with Gasteiger partial charge in [0.2, 0.25) is 0 Å². The van der Waals surface area contributed by atoms with Gasteiger partial charge in [-0.15, -0.1) is 0 Å². The number of nitrogens with zero attached hydrogens (tertiary/aromatic N) is 2. The van der Waals surface area contributed by atoms with E-state index in [1.807, 2.05) is 13.8 Å². The molecule has 1 aromatic carbocycles. The predicted molar refractivity (Wildman–Crippen MR) is 101 cm³/mol. The normalized spacial score (nSPS) is 15.6. The fourth-order valence-corrected chi connectivity index (χ4v) is 4.27. The Morgan fingerprint density at radius 3 is 2.89 bits per heavy atom. The highest BCUT2D eigenvalue weighted by atomic mass is 32.1. The van der Waals surface area contributed by atoms with E-state index in [1.165, 1.54) is 17.4 Å². The average molecular weight is 384 g/mol. The van der Waals surface area contributed by atoms with Crippen LogP contribution in [0.2, 0.25) is 0 Å². The zero-order valence-corrected chi connectivity index (χ0v) is 15.5. The number of aromatic nitrogens is 2. The summed E-state index contributed by atoms with van der Waals surface area (Å²) in [6, 6.07) is 6.19. The highest BCUT2D eigenvalue weighted by Gasteiger charge is 2.34. The fraction of sp³-hybridized carbons (Fsp3) is 0.278. The summed E-state index contributed by atoms with van der Waals surface area (Å²) in [4.78, 5) is 43.3. The van der Waals surface area contributed by atoms with Crippen LogP contribution in [0.4, 0.5) is 10.8 Å². The number of fused-ring (bicyclic) bond motifs is 2. The van der Waals surface area contributed by atoms with Gasteiger partial charge in [-0.05, 0) is 17.9 Å². The first-order valence-electron chi connectivity index (χ1n) is 8.34. The van der Waals surface area contributed by atoms with Crippen LogP contribution in [0.1, 0.15) is 46.1 Å². The number of nitrogens with one attached hydrogen (secondary N) is 2. The number of aromatic amines is 1. The smallest absolute Gasteiger partial charge is 0.293 e. The van der Waals surface area contributed by atoms with Gasteiger partial charge in [-0.25, -0.2) is 4.98 Å². The summed E-state index contributed by atoms with van der Waals surface area (Å²) in [7, 11) is 0. The van der Waals surface area contributed by atoms with Gasteiger partial charge in [-0.2, -0.15) is 0 Å². The molecule has 1 amide bonds. The molecule has 0 unspecified atom stereocenters. The minimum atomic E-state index is -0.497. The number of thiazole rings is 1. The highest BCUT2D eigenvalue weighted by Crippen LogP contribution is 2.38. The molecule has 0 saturated carbocycles. The third-order valence-electron chi connectivity index (χ3n) is 4.53. The van der Waals surface area contributed by atoms with Gasteiger partial charge in [0.15, 0.2) is 10.9 Å². The van der Waals surface area contributed by atoms with Crippen molar-refractivity contribution in [2.45, 2.75) is 26.7 Å². The maximum Gasteiger partial charge on any atom is 0.293 e. The molecule has 2 aromatic heterocycles. The van der Waals surface area contributed by atoms with Crippen LogP contribution in [0.25, 0.3) is 10.9 Å². The van der Waals surface area contributed by atoms with E-state index in [-0.39, 0.29) is 22.6 Å². The van der Waals surface area contributed by atoms with Crippen molar-refractivity contribution >= 4 is 44.7 Å². The van der Waals surface area contributed by atoms with E-state index in [0.717, 1.165) is 0 Å². The number of benzene rings is 1. The van der Waals surface area contributed by atoms with Crippen LogP contribution in [-0.2, 0) is 6.42 Å². The Labute approximate surface area is 157 Å². The molecule has 2 N–H and O–H groups in total. The number of amides is 1. The van der Waals surface area contributed by atoms with Crippen LogP contribution >= 0.6 is 11.3 Å². The third-order valence-corrected chi connectivity index (χ3v) is 5.59. The van der Waals surface area contributed by atoms with Crippen LogP contribution in [-0.4, -0.2) is 26.6 Å². The van der Waals surface area contributed by atoms with Gasteiger partial charge >= 0.3 is 0 Å². The lowest BCUT2D eigenvalue weighted by Crippen LogP contribution is -2.26. The standard InChI is InChI=1S/C18H16N4O4S/c1-18(2)7-11-15(13(23)8-18)27-17(20-11)21-16(24)10-6-9-4-3-5-12(22(25)26)14(9)19-10/h3-6,19H,7-8H2,1-2H3,(H,20,21,24). The summed E-state index contributed by atoms with van der Waals surface area (Å²) >= 11 is 1.17. The molecule has 9 heteroatoms. The number of para-hydroxylation sites is 1. The number of anilines is 1. The van der Waals surface area contributed by atoms with Gasteiger partial charge in [0.05, 0.1) is 15.5 Å². The lowest BCUT2D eigenvalue weighted by atomic mass is 9.78. The first-order valence-corrected chi connectivity index (χ1v) is 9.15. The number of carbonyl (C=O) groups is 2. The van der Waals surface area contributed by atoms with E-state index in [2.05, 4.69) is 15.3 Å². The van der Waals surface area contributed by atoms with E-state index in [0.29, 0.717) is 39.4 Å². The zero-order chi connectivity index (χ0) is 19.3. The molecule has 0 saturated heterocycles. The highest BCUT2D eigenvalue weighted by molar-refractivity contribution is 7.17. The van der Waals surface area contributed by atoms with Crippen LogP contribution < -0.4 is 5.32 Å². The quantitative estimate of drug-likeness (QED) is 0.524. The molecule has 1 aliphatic carbocycles. The SMILES string of the molecule is CC1(C)CC(=O)c2sc(NC(=O)c3cc4cccc([N+](=O)[O-])c4[nH]3)nc2C1. The Balaban J connectivity index is 1.62.